The summed E-state index contributed by atoms with van der Waals surface area (Å²) in [4.78, 5) is 0. The Hall–Kier alpha value is -3.58. The summed E-state index contributed by atoms with van der Waals surface area (Å²) in [6.45, 7) is 0. The predicted octanol–water partition coefficient (Wildman–Crippen LogP) is 3.92. The van der Waals surface area contributed by atoms with Gasteiger partial charge < -0.3 is 0 Å². The van der Waals surface area contributed by atoms with Crippen molar-refractivity contribution < 1.29 is 0 Å². The van der Waals surface area contributed by atoms with Crippen LogP contribution in [0.3, 0.4) is 0 Å². The van der Waals surface area contributed by atoms with Crippen molar-refractivity contribution in [2.75, 3.05) is 0 Å². The van der Waals surface area contributed by atoms with E-state index in [4.69, 9.17) is 25.7 Å². The maximum absolute atomic E-state index is 5.71. The summed E-state index contributed by atoms with van der Waals surface area (Å²) in [5.41, 5.74) is 2.89. The fourth-order valence-corrected chi connectivity index (χ4v) is 2.72. The van der Waals surface area contributed by atoms with Crippen LogP contribution in [-0.4, -0.2) is 0 Å². The lowest BCUT2D eigenvalue weighted by Crippen LogP contribution is -1.92. The lowest BCUT2D eigenvalue weighted by Gasteiger charge is -2.11. The molecule has 3 aromatic rings. The van der Waals surface area contributed by atoms with Crippen LogP contribution in [0.5, 0.6) is 0 Å². The van der Waals surface area contributed by atoms with Gasteiger partial charge in [0.1, 0.15) is 0 Å². The molecule has 0 saturated carbocycles. The van der Waals surface area contributed by atoms with E-state index in [1.165, 1.54) is 0 Å². The highest BCUT2D eigenvalue weighted by atomic mass is 14.1. The van der Waals surface area contributed by atoms with E-state index in [1.54, 1.807) is 0 Å². The standard InChI is InChI=1S/C22H10/c1-5-15-9-11-19-20-12-10-16(6-2)14-22(20)18(8-4)17(7-3)21(19)13-15/h1-4,9-14H. The number of hydrogen-bond acceptors (Lipinski definition) is 0. The van der Waals surface area contributed by atoms with Crippen LogP contribution in [0.2, 0.25) is 0 Å². The summed E-state index contributed by atoms with van der Waals surface area (Å²) in [7, 11) is 0. The molecule has 0 aliphatic rings. The zero-order valence-corrected chi connectivity index (χ0v) is 11.8. The average Bonchev–Trinajstić information content (AvgIpc) is 2.59. The molecule has 3 rings (SSSR count). The molecule has 0 aliphatic carbocycles. The second-order valence-electron chi connectivity index (χ2n) is 4.85. The van der Waals surface area contributed by atoms with Gasteiger partial charge >= 0.3 is 0 Å². The van der Waals surface area contributed by atoms with Crippen LogP contribution in [0.4, 0.5) is 0 Å². The Kier molecular flexibility index (Phi) is 3.09. The summed E-state index contributed by atoms with van der Waals surface area (Å²) in [5.74, 6) is 10.7. The molecule has 22 heavy (non-hydrogen) atoms. The Morgan fingerprint density at radius 3 is 1.23 bits per heavy atom. The predicted molar refractivity (Wildman–Crippen MR) is 93.2 cm³/mol. The molecule has 0 heterocycles. The van der Waals surface area contributed by atoms with Crippen LogP contribution in [0.25, 0.3) is 21.5 Å². The lowest BCUT2D eigenvalue weighted by atomic mass is 9.90. The Bertz CT molecular complexity index is 1010. The summed E-state index contributed by atoms with van der Waals surface area (Å²) < 4.78 is 0. The molecule has 0 spiro atoms. The first-order valence-corrected chi connectivity index (χ1v) is 6.63. The number of hydrogen-bond donors (Lipinski definition) is 0. The van der Waals surface area contributed by atoms with Gasteiger partial charge in [0.05, 0.1) is 0 Å². The fraction of sp³-hybridized carbons (Fsp3) is 0. The average molecular weight is 274 g/mol. The Morgan fingerprint density at radius 2 is 0.909 bits per heavy atom. The highest BCUT2D eigenvalue weighted by Crippen LogP contribution is 2.33. The molecule has 98 valence electrons. The number of fused-ring (bicyclic) bond motifs is 3. The van der Waals surface area contributed by atoms with Crippen LogP contribution in [0.15, 0.2) is 36.4 Å². The van der Waals surface area contributed by atoms with Gasteiger partial charge in [-0.25, -0.2) is 0 Å². The summed E-state index contributed by atoms with van der Waals surface area (Å²) in [6.07, 6.45) is 22.4. The minimum absolute atomic E-state index is 0.677. The van der Waals surface area contributed by atoms with E-state index in [0.29, 0.717) is 11.1 Å². The van der Waals surface area contributed by atoms with Crippen LogP contribution in [0, 0.1) is 49.4 Å². The van der Waals surface area contributed by atoms with Crippen LogP contribution >= 0.6 is 0 Å². The molecule has 0 heteroatoms. The Labute approximate surface area is 130 Å². The number of rotatable bonds is 0. The van der Waals surface area contributed by atoms with Crippen molar-refractivity contribution in [3.63, 3.8) is 0 Å². The Morgan fingerprint density at radius 1 is 0.500 bits per heavy atom. The van der Waals surface area contributed by atoms with Crippen LogP contribution in [-0.2, 0) is 0 Å². The summed E-state index contributed by atoms with van der Waals surface area (Å²) >= 11 is 0. The molecule has 0 amide bonds. The number of benzene rings is 3. The van der Waals surface area contributed by atoms with Gasteiger partial charge in [-0.1, -0.05) is 35.8 Å². The third-order valence-electron chi connectivity index (χ3n) is 3.74. The topological polar surface area (TPSA) is 0 Å². The third-order valence-corrected chi connectivity index (χ3v) is 3.74. The zero-order chi connectivity index (χ0) is 15.7. The third kappa shape index (κ3) is 1.81. The zero-order valence-electron chi connectivity index (χ0n) is 11.8. The first-order chi connectivity index (χ1) is 10.7. The first kappa shape index (κ1) is 13.4. The molecular formula is C22H10. The normalized spacial score (nSPS) is 9.64. The van der Waals surface area contributed by atoms with Crippen molar-refractivity contribution in [3.8, 4) is 49.4 Å². The van der Waals surface area contributed by atoms with Gasteiger partial charge in [-0.15, -0.1) is 25.7 Å². The van der Waals surface area contributed by atoms with Crippen molar-refractivity contribution >= 4 is 21.5 Å². The minimum Gasteiger partial charge on any atom is -0.115 e. The maximum atomic E-state index is 5.71. The molecule has 0 nitrogen and oxygen atoms in total. The monoisotopic (exact) mass is 274 g/mol. The van der Waals surface area contributed by atoms with Crippen LogP contribution < -0.4 is 0 Å². The second-order valence-corrected chi connectivity index (χ2v) is 4.85. The van der Waals surface area contributed by atoms with Crippen molar-refractivity contribution in [2.45, 2.75) is 0 Å². The smallest absolute Gasteiger partial charge is 0.0484 e. The van der Waals surface area contributed by atoms with Crippen molar-refractivity contribution in [1.29, 1.82) is 0 Å². The van der Waals surface area contributed by atoms with Gasteiger partial charge in [0.2, 0.25) is 0 Å². The van der Waals surface area contributed by atoms with E-state index in [2.05, 4.69) is 23.7 Å². The highest BCUT2D eigenvalue weighted by molar-refractivity contribution is 6.13. The van der Waals surface area contributed by atoms with Crippen molar-refractivity contribution in [1.82, 2.24) is 0 Å². The molecule has 0 atom stereocenters. The van der Waals surface area contributed by atoms with Crippen molar-refractivity contribution in [2.24, 2.45) is 0 Å². The van der Waals surface area contributed by atoms with E-state index in [1.807, 2.05) is 36.4 Å². The first-order valence-electron chi connectivity index (χ1n) is 6.63. The van der Waals surface area contributed by atoms with Gasteiger partial charge in [0.25, 0.3) is 0 Å². The molecule has 0 aromatic heterocycles. The molecule has 0 aliphatic heterocycles. The van der Waals surface area contributed by atoms with Gasteiger partial charge in [-0.05, 0) is 35.0 Å². The maximum Gasteiger partial charge on any atom is 0.0484 e. The fourth-order valence-electron chi connectivity index (χ4n) is 2.72. The largest absolute Gasteiger partial charge is 0.115 e. The minimum atomic E-state index is 0.677. The molecule has 0 N–H and O–H groups in total. The lowest BCUT2D eigenvalue weighted by molar-refractivity contribution is 1.65. The molecule has 0 fully saturated rings. The molecule has 3 aromatic carbocycles. The van der Waals surface area contributed by atoms with E-state index in [0.717, 1.165) is 32.7 Å². The van der Waals surface area contributed by atoms with E-state index in [9.17, 15) is 0 Å². The highest BCUT2D eigenvalue weighted by Gasteiger charge is 2.12. The van der Waals surface area contributed by atoms with Crippen LogP contribution in [0.1, 0.15) is 22.3 Å². The molecule has 0 unspecified atom stereocenters. The van der Waals surface area contributed by atoms with Gasteiger partial charge in [0.15, 0.2) is 0 Å². The molecule has 0 bridgehead atoms. The summed E-state index contributed by atoms with van der Waals surface area (Å²) in [5, 5.41) is 3.83. The van der Waals surface area contributed by atoms with Crippen molar-refractivity contribution in [3.05, 3.63) is 58.7 Å². The second kappa shape index (κ2) is 5.08. The van der Waals surface area contributed by atoms with E-state index >= 15 is 0 Å². The molecule has 0 radical (unpaired) electrons. The van der Waals surface area contributed by atoms with E-state index in [-0.39, 0.29) is 0 Å². The van der Waals surface area contributed by atoms with Gasteiger partial charge in [-0.2, -0.15) is 0 Å². The van der Waals surface area contributed by atoms with E-state index < -0.39 is 0 Å². The van der Waals surface area contributed by atoms with Gasteiger partial charge in [-0.3, -0.25) is 0 Å². The quantitative estimate of drug-likeness (QED) is 0.430. The molecule has 0 saturated heterocycles. The SMILES string of the molecule is C#Cc1ccc2c(c1)c(C#C)c(C#C)c1cc(C#C)ccc12. The Balaban J connectivity index is 2.65. The summed E-state index contributed by atoms with van der Waals surface area (Å²) in [6, 6.07) is 11.5. The van der Waals surface area contributed by atoms with Gasteiger partial charge in [0, 0.05) is 33.0 Å². The molecular weight excluding hydrogens is 264 g/mol. The number of terminal acetylenes is 4.